The first-order chi connectivity index (χ1) is 18.3. The highest BCUT2D eigenvalue weighted by Crippen LogP contribution is 2.37. The van der Waals surface area contributed by atoms with E-state index in [0.29, 0.717) is 37.8 Å². The Labute approximate surface area is 231 Å². The maximum atomic E-state index is 13.2. The number of ether oxygens (including phenoxy) is 2. The minimum atomic E-state index is -0.874. The molecule has 196 valence electrons. The standard InChI is InChI=1S/C24H21Cl2N7O4S/c1-3-36-19(34)8-14-11-38-23(29-14)22-30-17(10-33-12-28-18(9-27)32-33)20(24(35)37-4-2)21(31-22)15-6-5-13(25)7-16(15)26/h5-7,11-12,21H,3-4,8,10H2,1-2H3,(H,30,31). The molecule has 11 nitrogen and oxygen atoms in total. The summed E-state index contributed by atoms with van der Waals surface area (Å²) in [4.78, 5) is 38.4. The molecule has 0 saturated heterocycles. The molecule has 4 rings (SSSR count). The summed E-state index contributed by atoms with van der Waals surface area (Å²) in [7, 11) is 0. The molecule has 1 aromatic carbocycles. The Morgan fingerprint density at radius 2 is 2.03 bits per heavy atom. The van der Waals surface area contributed by atoms with Crippen LogP contribution in [0, 0.1) is 11.3 Å². The summed E-state index contributed by atoms with van der Waals surface area (Å²) in [5.74, 6) is -0.659. The van der Waals surface area contributed by atoms with Crippen LogP contribution in [0.1, 0.15) is 42.0 Å². The minimum Gasteiger partial charge on any atom is -0.466 e. The first kappa shape index (κ1) is 27.3. The Kier molecular flexibility index (Phi) is 8.73. The molecule has 0 aliphatic carbocycles. The van der Waals surface area contributed by atoms with E-state index in [-0.39, 0.29) is 37.6 Å². The molecular weight excluding hydrogens is 553 g/mol. The van der Waals surface area contributed by atoms with E-state index in [2.05, 4.69) is 20.4 Å². The second-order valence-electron chi connectivity index (χ2n) is 7.79. The number of rotatable bonds is 9. The summed E-state index contributed by atoms with van der Waals surface area (Å²) in [6.07, 6.45) is 1.39. The van der Waals surface area contributed by atoms with Crippen molar-refractivity contribution in [3.8, 4) is 6.07 Å². The van der Waals surface area contributed by atoms with Gasteiger partial charge in [-0.25, -0.2) is 19.4 Å². The monoisotopic (exact) mass is 573 g/mol. The van der Waals surface area contributed by atoms with Crippen molar-refractivity contribution in [2.24, 2.45) is 4.99 Å². The van der Waals surface area contributed by atoms with Crippen LogP contribution in [0.25, 0.3) is 0 Å². The van der Waals surface area contributed by atoms with Crippen LogP contribution in [0.3, 0.4) is 0 Å². The number of hydrogen-bond donors (Lipinski definition) is 1. The van der Waals surface area contributed by atoms with Gasteiger partial charge in [-0.1, -0.05) is 29.3 Å². The van der Waals surface area contributed by atoms with Crippen molar-refractivity contribution < 1.29 is 19.1 Å². The van der Waals surface area contributed by atoms with E-state index in [1.54, 1.807) is 37.4 Å². The van der Waals surface area contributed by atoms with Crippen LogP contribution < -0.4 is 5.32 Å². The number of carbonyl (C=O) groups excluding carboxylic acids is 2. The number of nitrogens with one attached hydrogen (secondary N) is 1. The maximum Gasteiger partial charge on any atom is 0.338 e. The van der Waals surface area contributed by atoms with Gasteiger partial charge in [0, 0.05) is 21.0 Å². The van der Waals surface area contributed by atoms with Crippen molar-refractivity contribution in [1.82, 2.24) is 25.1 Å². The van der Waals surface area contributed by atoms with Gasteiger partial charge < -0.3 is 14.8 Å². The topological polar surface area (TPSA) is 144 Å². The van der Waals surface area contributed by atoms with Crippen LogP contribution in [0.5, 0.6) is 0 Å². The number of hydrogen-bond acceptors (Lipinski definition) is 11. The van der Waals surface area contributed by atoms with Crippen LogP contribution >= 0.6 is 34.5 Å². The predicted molar refractivity (Wildman–Crippen MR) is 140 cm³/mol. The fraction of sp³-hybridized carbons (Fsp3) is 0.292. The Bertz CT molecular complexity index is 1470. The molecule has 1 aliphatic heterocycles. The van der Waals surface area contributed by atoms with Crippen molar-refractivity contribution >= 4 is 52.3 Å². The summed E-state index contributed by atoms with van der Waals surface area (Å²) in [6.45, 7) is 3.89. The van der Waals surface area contributed by atoms with Gasteiger partial charge in [-0.15, -0.1) is 16.4 Å². The summed E-state index contributed by atoms with van der Waals surface area (Å²) < 4.78 is 11.8. The lowest BCUT2D eigenvalue weighted by Gasteiger charge is -2.27. The highest BCUT2D eigenvalue weighted by molar-refractivity contribution is 7.11. The van der Waals surface area contributed by atoms with Gasteiger partial charge in [-0.2, -0.15) is 5.26 Å². The van der Waals surface area contributed by atoms with Gasteiger partial charge in [0.25, 0.3) is 5.82 Å². The molecule has 0 amide bonds. The molecule has 0 fully saturated rings. The molecule has 0 spiro atoms. The van der Waals surface area contributed by atoms with Crippen LogP contribution in [-0.2, 0) is 32.0 Å². The number of aromatic nitrogens is 4. The van der Waals surface area contributed by atoms with Gasteiger partial charge in [0.1, 0.15) is 18.4 Å². The Hall–Kier alpha value is -3.79. The second kappa shape index (κ2) is 12.2. The second-order valence-corrected chi connectivity index (χ2v) is 9.49. The lowest BCUT2D eigenvalue weighted by atomic mass is 9.95. The highest BCUT2D eigenvalue weighted by Gasteiger charge is 2.34. The number of carbonyl (C=O) groups is 2. The number of halogens is 2. The van der Waals surface area contributed by atoms with Gasteiger partial charge in [-0.05, 0) is 26.0 Å². The molecule has 0 saturated carbocycles. The van der Waals surface area contributed by atoms with E-state index >= 15 is 0 Å². The van der Waals surface area contributed by atoms with Gasteiger partial charge in [0.2, 0.25) is 0 Å². The molecule has 1 unspecified atom stereocenters. The predicted octanol–water partition coefficient (Wildman–Crippen LogP) is 3.63. The molecule has 3 aromatic rings. The molecule has 38 heavy (non-hydrogen) atoms. The molecule has 1 atom stereocenters. The number of nitriles is 1. The number of benzene rings is 1. The SMILES string of the molecule is CCOC(=O)Cc1csc(C2=NC(c3ccc(Cl)cc3Cl)C(C(=O)OCC)=C(Cn3cnc(C#N)n3)N2)n1. The Morgan fingerprint density at radius 3 is 2.71 bits per heavy atom. The lowest BCUT2D eigenvalue weighted by Crippen LogP contribution is -2.35. The van der Waals surface area contributed by atoms with Crippen LogP contribution in [0.4, 0.5) is 0 Å². The third-order valence-electron chi connectivity index (χ3n) is 5.22. The Balaban J connectivity index is 1.81. The number of allylic oxidation sites excluding steroid dienone is 1. The summed E-state index contributed by atoms with van der Waals surface area (Å²) in [5, 5.41) is 19.4. The third-order valence-corrected chi connectivity index (χ3v) is 6.68. The van der Waals surface area contributed by atoms with Gasteiger partial charge in [0.15, 0.2) is 10.8 Å². The zero-order valence-corrected chi connectivity index (χ0v) is 22.6. The fourth-order valence-electron chi connectivity index (χ4n) is 3.67. The molecule has 0 radical (unpaired) electrons. The molecule has 2 aromatic heterocycles. The lowest BCUT2D eigenvalue weighted by molar-refractivity contribution is -0.142. The summed E-state index contributed by atoms with van der Waals surface area (Å²) >= 11 is 13.9. The van der Waals surface area contributed by atoms with Gasteiger partial charge in [-0.3, -0.25) is 9.79 Å². The van der Waals surface area contributed by atoms with Crippen LogP contribution in [0.15, 0.2) is 46.2 Å². The normalized spacial score (nSPS) is 14.9. The average molecular weight is 574 g/mol. The number of nitrogens with zero attached hydrogens (tertiary/aromatic N) is 6. The number of thiazole rings is 1. The zero-order chi connectivity index (χ0) is 27.2. The van der Waals surface area contributed by atoms with E-state index < -0.39 is 18.0 Å². The van der Waals surface area contributed by atoms with Crippen molar-refractivity contribution in [2.75, 3.05) is 13.2 Å². The maximum absolute atomic E-state index is 13.2. The van der Waals surface area contributed by atoms with Gasteiger partial charge >= 0.3 is 11.9 Å². The number of aliphatic imine (C=N–C) groups is 1. The first-order valence-corrected chi connectivity index (χ1v) is 13.1. The van der Waals surface area contributed by atoms with Gasteiger partial charge in [0.05, 0.1) is 43.1 Å². The molecule has 1 aliphatic rings. The largest absolute Gasteiger partial charge is 0.466 e. The van der Waals surface area contributed by atoms with Crippen molar-refractivity contribution in [3.05, 3.63) is 73.3 Å². The third kappa shape index (κ3) is 6.19. The first-order valence-electron chi connectivity index (χ1n) is 11.4. The average Bonchev–Trinajstić information content (AvgIpc) is 3.53. The summed E-state index contributed by atoms with van der Waals surface area (Å²) in [5.41, 5.74) is 1.65. The van der Waals surface area contributed by atoms with Crippen LogP contribution in [0.2, 0.25) is 10.0 Å². The molecular formula is C24H21Cl2N7O4S. The van der Waals surface area contributed by atoms with E-state index in [0.717, 1.165) is 0 Å². The van der Waals surface area contributed by atoms with Crippen LogP contribution in [-0.4, -0.2) is 50.7 Å². The smallest absolute Gasteiger partial charge is 0.338 e. The minimum absolute atomic E-state index is 0.0106. The number of amidine groups is 1. The van der Waals surface area contributed by atoms with Crippen molar-refractivity contribution in [1.29, 1.82) is 5.26 Å². The summed E-state index contributed by atoms with van der Waals surface area (Å²) in [6, 6.07) is 5.91. The van der Waals surface area contributed by atoms with E-state index in [9.17, 15) is 9.59 Å². The molecule has 3 heterocycles. The molecule has 14 heteroatoms. The highest BCUT2D eigenvalue weighted by atomic mass is 35.5. The zero-order valence-electron chi connectivity index (χ0n) is 20.3. The number of esters is 2. The van der Waals surface area contributed by atoms with Crippen molar-refractivity contribution in [3.63, 3.8) is 0 Å². The molecule has 1 N–H and O–H groups in total. The Morgan fingerprint density at radius 1 is 1.24 bits per heavy atom. The van der Waals surface area contributed by atoms with E-state index in [1.807, 2.05) is 6.07 Å². The van der Waals surface area contributed by atoms with E-state index in [1.165, 1.54) is 22.3 Å². The molecule has 0 bridgehead atoms. The van der Waals surface area contributed by atoms with E-state index in [4.69, 9.17) is 42.9 Å². The quantitative estimate of drug-likeness (QED) is 0.379. The fourth-order valence-corrected chi connectivity index (χ4v) is 4.95. The van der Waals surface area contributed by atoms with Crippen molar-refractivity contribution in [2.45, 2.75) is 32.9 Å².